The van der Waals surface area contributed by atoms with Crippen molar-refractivity contribution in [1.82, 2.24) is 19.5 Å². The number of fused-ring (bicyclic) bond motifs is 1. The third-order valence-corrected chi connectivity index (χ3v) is 4.38. The molecule has 1 amide bonds. The minimum atomic E-state index is -1.70. The van der Waals surface area contributed by atoms with Crippen LogP contribution in [0.4, 0.5) is 15.1 Å². The highest BCUT2D eigenvalue weighted by molar-refractivity contribution is 5.91. The number of carboxylic acid groups (broad SMARTS) is 1. The summed E-state index contributed by atoms with van der Waals surface area (Å²) in [4.78, 5) is 45.6. The normalized spacial score (nSPS) is 24.6. The Bertz CT molecular complexity index is 957. The second-order valence-corrected chi connectivity index (χ2v) is 6.65. The van der Waals surface area contributed by atoms with E-state index in [2.05, 4.69) is 25.0 Å². The number of rotatable bonds is 5. The zero-order chi connectivity index (χ0) is 20.6. The van der Waals surface area contributed by atoms with Gasteiger partial charge in [-0.1, -0.05) is 20.8 Å². The minimum Gasteiger partial charge on any atom is -0.450 e. The van der Waals surface area contributed by atoms with E-state index >= 15 is 0 Å². The van der Waals surface area contributed by atoms with Gasteiger partial charge < -0.3 is 14.6 Å². The van der Waals surface area contributed by atoms with Crippen LogP contribution in [0.1, 0.15) is 33.4 Å². The molecule has 0 aromatic carbocycles. The first-order valence-corrected chi connectivity index (χ1v) is 8.69. The first-order chi connectivity index (χ1) is 13.2. The summed E-state index contributed by atoms with van der Waals surface area (Å²) < 4.78 is 26.1. The van der Waals surface area contributed by atoms with Crippen LogP contribution in [0.25, 0.3) is 11.2 Å². The number of ether oxygens (including phenoxy) is 2. The molecule has 0 radical (unpaired) electrons. The van der Waals surface area contributed by atoms with Crippen molar-refractivity contribution in [3.63, 3.8) is 0 Å². The maximum absolute atomic E-state index is 14.6. The number of carbonyl (C=O) groups is 2. The number of aromatic amines is 1. The average molecular weight is 397 g/mol. The quantitative estimate of drug-likeness (QED) is 0.642. The largest absolute Gasteiger partial charge is 0.506 e. The highest BCUT2D eigenvalue weighted by atomic mass is 19.1. The predicted molar refractivity (Wildman–Crippen MR) is 93.6 cm³/mol. The Morgan fingerprint density at radius 2 is 2.21 bits per heavy atom. The Labute approximate surface area is 157 Å². The number of hydrogen-bond acceptors (Lipinski definition) is 7. The van der Waals surface area contributed by atoms with Crippen molar-refractivity contribution in [3.05, 3.63) is 16.7 Å². The summed E-state index contributed by atoms with van der Waals surface area (Å²) in [6.07, 6.45) is -5.45. The Hall–Kier alpha value is -3.02. The second kappa shape index (κ2) is 7.54. The highest BCUT2D eigenvalue weighted by Gasteiger charge is 2.48. The van der Waals surface area contributed by atoms with Gasteiger partial charge in [0, 0.05) is 5.92 Å². The second-order valence-electron chi connectivity index (χ2n) is 6.65. The fourth-order valence-electron chi connectivity index (χ4n) is 2.92. The number of imidazole rings is 1. The van der Waals surface area contributed by atoms with Gasteiger partial charge in [0.1, 0.15) is 0 Å². The van der Waals surface area contributed by atoms with Gasteiger partial charge in [0.2, 0.25) is 11.9 Å². The Morgan fingerprint density at radius 1 is 1.50 bits per heavy atom. The number of carbonyl (C=O) groups excluding carboxylic acids is 1. The number of H-pyrrole nitrogens is 1. The summed E-state index contributed by atoms with van der Waals surface area (Å²) in [5.74, 6) is -0.835. The van der Waals surface area contributed by atoms with Gasteiger partial charge >= 0.3 is 6.16 Å². The van der Waals surface area contributed by atoms with Gasteiger partial charge in [-0.3, -0.25) is 24.5 Å². The number of nitrogens with one attached hydrogen (secondary N) is 2. The summed E-state index contributed by atoms with van der Waals surface area (Å²) in [5.41, 5.74) is -0.702. The molecule has 0 aliphatic carbocycles. The van der Waals surface area contributed by atoms with Crippen molar-refractivity contribution in [2.75, 3.05) is 5.32 Å². The molecule has 0 spiro atoms. The van der Waals surface area contributed by atoms with Crippen molar-refractivity contribution >= 4 is 29.2 Å². The van der Waals surface area contributed by atoms with Crippen molar-refractivity contribution in [2.24, 2.45) is 5.92 Å². The number of hydrogen-bond donors (Lipinski definition) is 3. The van der Waals surface area contributed by atoms with Crippen LogP contribution in [0.2, 0.25) is 0 Å². The third kappa shape index (κ3) is 3.54. The first kappa shape index (κ1) is 19.7. The zero-order valence-corrected chi connectivity index (χ0v) is 15.4. The minimum absolute atomic E-state index is 0.00394. The Balaban J connectivity index is 2.04. The van der Waals surface area contributed by atoms with Crippen LogP contribution >= 0.6 is 0 Å². The average Bonchev–Trinajstić information content (AvgIpc) is 3.16. The first-order valence-electron chi connectivity index (χ1n) is 8.69. The maximum Gasteiger partial charge on any atom is 0.506 e. The van der Waals surface area contributed by atoms with E-state index in [4.69, 9.17) is 9.84 Å². The monoisotopic (exact) mass is 397 g/mol. The molecule has 3 heterocycles. The number of halogens is 1. The SMILES string of the molecule is CC[C@H]1O[C@@H](n2cnc3c(=O)[nH]c(NC(=O)C(C)C)nc32)[C@H](OC(=O)O)[C@H]1F. The molecule has 11 nitrogen and oxygen atoms in total. The van der Waals surface area contributed by atoms with Gasteiger partial charge in [0.05, 0.1) is 12.4 Å². The molecule has 12 heteroatoms. The van der Waals surface area contributed by atoms with Crippen LogP contribution in [-0.2, 0) is 14.3 Å². The highest BCUT2D eigenvalue weighted by Crippen LogP contribution is 2.36. The van der Waals surface area contributed by atoms with Crippen LogP contribution < -0.4 is 10.9 Å². The summed E-state index contributed by atoms with van der Waals surface area (Å²) >= 11 is 0. The topological polar surface area (TPSA) is 148 Å². The van der Waals surface area contributed by atoms with Crippen molar-refractivity contribution in [1.29, 1.82) is 0 Å². The molecule has 2 aromatic heterocycles. The molecule has 1 saturated heterocycles. The maximum atomic E-state index is 14.6. The summed E-state index contributed by atoms with van der Waals surface area (Å²) in [7, 11) is 0. The summed E-state index contributed by atoms with van der Waals surface area (Å²) in [6, 6.07) is 0. The molecule has 4 atom stereocenters. The van der Waals surface area contributed by atoms with E-state index < -0.39 is 36.3 Å². The lowest BCUT2D eigenvalue weighted by atomic mass is 10.1. The third-order valence-electron chi connectivity index (χ3n) is 4.38. The molecule has 0 unspecified atom stereocenters. The molecule has 3 rings (SSSR count). The molecule has 1 aliphatic heterocycles. The Kier molecular flexibility index (Phi) is 5.31. The molecule has 2 aromatic rings. The molecule has 28 heavy (non-hydrogen) atoms. The number of anilines is 1. The van der Waals surface area contributed by atoms with Crippen molar-refractivity contribution < 1.29 is 28.6 Å². The van der Waals surface area contributed by atoms with Gasteiger partial charge in [-0.2, -0.15) is 4.98 Å². The van der Waals surface area contributed by atoms with Gasteiger partial charge in [-0.05, 0) is 6.42 Å². The lowest BCUT2D eigenvalue weighted by Crippen LogP contribution is -2.32. The van der Waals surface area contributed by atoms with Gasteiger partial charge in [0.25, 0.3) is 5.56 Å². The van der Waals surface area contributed by atoms with Crippen LogP contribution in [-0.4, -0.2) is 55.1 Å². The van der Waals surface area contributed by atoms with E-state index in [1.54, 1.807) is 20.8 Å². The van der Waals surface area contributed by atoms with E-state index in [0.29, 0.717) is 0 Å². The van der Waals surface area contributed by atoms with E-state index in [1.165, 1.54) is 10.9 Å². The molecule has 3 N–H and O–H groups in total. The zero-order valence-electron chi connectivity index (χ0n) is 15.4. The number of nitrogens with zero attached hydrogens (tertiary/aromatic N) is 3. The summed E-state index contributed by atoms with van der Waals surface area (Å²) in [5, 5.41) is 11.4. The molecular formula is C16H20FN5O6. The van der Waals surface area contributed by atoms with E-state index in [1.807, 2.05) is 0 Å². The standard InChI is InChI=1S/C16H20FN5O6/c1-4-7-8(17)10(28-16(25)26)14(27-7)22-5-18-9-11(22)19-15(21-13(9)24)20-12(23)6(2)3/h5-8,10,14H,4H2,1-3H3,(H,25,26)(H2,19,20,21,23,24)/t7-,8+,10-,14-/m1/s1. The van der Waals surface area contributed by atoms with Crippen LogP contribution in [0.5, 0.6) is 0 Å². The molecule has 0 saturated carbocycles. The van der Waals surface area contributed by atoms with Crippen molar-refractivity contribution in [3.8, 4) is 0 Å². The lowest BCUT2D eigenvalue weighted by molar-refractivity contribution is -0.118. The van der Waals surface area contributed by atoms with Crippen molar-refractivity contribution in [2.45, 2.75) is 51.8 Å². The van der Waals surface area contributed by atoms with Crippen LogP contribution in [0.15, 0.2) is 11.1 Å². The molecule has 152 valence electrons. The Morgan fingerprint density at radius 3 is 2.82 bits per heavy atom. The number of aromatic nitrogens is 4. The molecule has 0 bridgehead atoms. The van der Waals surface area contributed by atoms with E-state index in [0.717, 1.165) is 0 Å². The predicted octanol–water partition coefficient (Wildman–Crippen LogP) is 1.42. The van der Waals surface area contributed by atoms with Gasteiger partial charge in [-0.25, -0.2) is 14.2 Å². The molecule has 1 fully saturated rings. The molecule has 1 aliphatic rings. The fourth-order valence-corrected chi connectivity index (χ4v) is 2.92. The number of amides is 1. The lowest BCUT2D eigenvalue weighted by Gasteiger charge is -2.19. The number of alkyl halides is 1. The van der Waals surface area contributed by atoms with E-state index in [9.17, 15) is 18.8 Å². The molecular weight excluding hydrogens is 377 g/mol. The van der Waals surface area contributed by atoms with Crippen LogP contribution in [0.3, 0.4) is 0 Å². The smallest absolute Gasteiger partial charge is 0.450 e. The fraction of sp³-hybridized carbons (Fsp3) is 0.562. The van der Waals surface area contributed by atoms with E-state index in [-0.39, 0.29) is 35.4 Å². The van der Waals surface area contributed by atoms with Gasteiger partial charge in [0.15, 0.2) is 29.7 Å². The summed E-state index contributed by atoms with van der Waals surface area (Å²) in [6.45, 7) is 5.03. The van der Waals surface area contributed by atoms with Crippen LogP contribution in [0, 0.1) is 5.92 Å². The van der Waals surface area contributed by atoms with Gasteiger partial charge in [-0.15, -0.1) is 0 Å².